The molecule has 1 aliphatic heterocycles. The predicted molar refractivity (Wildman–Crippen MR) is 295 cm³/mol. The summed E-state index contributed by atoms with van der Waals surface area (Å²) < 4.78 is 19.6. The summed E-state index contributed by atoms with van der Waals surface area (Å²) in [6.45, 7) is 0. The van der Waals surface area contributed by atoms with Gasteiger partial charge in [-0.1, -0.05) is 158 Å². The van der Waals surface area contributed by atoms with E-state index < -0.39 is 0 Å². The summed E-state index contributed by atoms with van der Waals surface area (Å²) in [5.41, 5.74) is 14.2. The molecule has 0 bridgehead atoms. The van der Waals surface area contributed by atoms with Crippen LogP contribution < -0.4 is 0 Å². The SMILES string of the molecule is C1=C(c2ccc3c(c2)oc2ccccc23)N=C(c2cccc3oc4ccc(-c5cccc6oc7ccc(-c8ccc9c%10ccccc%10c%10ccccc%10c9c8)cc7c56)cc4c23)N=C(c2ccccc2)CC1. The first kappa shape index (κ1) is 39.7. The Hall–Kier alpha value is -9.32. The van der Waals surface area contributed by atoms with Crippen LogP contribution in [0, 0.1) is 0 Å². The van der Waals surface area contributed by atoms with Crippen molar-refractivity contribution in [2.75, 3.05) is 0 Å². The first-order valence-corrected chi connectivity index (χ1v) is 24.3. The normalized spacial score (nSPS) is 13.5. The molecule has 0 amide bonds. The molecule has 332 valence electrons. The third kappa shape index (κ3) is 6.33. The van der Waals surface area contributed by atoms with Crippen molar-refractivity contribution in [2.45, 2.75) is 12.8 Å². The van der Waals surface area contributed by atoms with E-state index in [-0.39, 0.29) is 0 Å². The first-order chi connectivity index (χ1) is 35.2. The summed E-state index contributed by atoms with van der Waals surface area (Å²) in [4.78, 5) is 10.9. The van der Waals surface area contributed by atoms with Gasteiger partial charge in [-0.05, 0) is 134 Å². The van der Waals surface area contributed by atoms with Crippen LogP contribution in [0.4, 0.5) is 0 Å². The number of rotatable bonds is 5. The minimum Gasteiger partial charge on any atom is -0.456 e. The van der Waals surface area contributed by atoms with Crippen molar-refractivity contribution in [2.24, 2.45) is 9.98 Å². The molecule has 0 fully saturated rings. The lowest BCUT2D eigenvalue weighted by molar-refractivity contribution is 0.668. The second-order valence-electron chi connectivity index (χ2n) is 18.6. The zero-order valence-electron chi connectivity index (χ0n) is 38.3. The third-order valence-corrected chi connectivity index (χ3v) is 14.6. The second kappa shape index (κ2) is 15.6. The molecule has 0 N–H and O–H groups in total. The molecular formula is C66H40N2O3. The highest BCUT2D eigenvalue weighted by Gasteiger charge is 2.21. The zero-order valence-corrected chi connectivity index (χ0v) is 38.3. The summed E-state index contributed by atoms with van der Waals surface area (Å²) in [7, 11) is 0. The molecule has 0 spiro atoms. The maximum atomic E-state index is 6.67. The van der Waals surface area contributed by atoms with Gasteiger partial charge >= 0.3 is 0 Å². The van der Waals surface area contributed by atoms with Crippen molar-refractivity contribution in [3.8, 4) is 22.3 Å². The van der Waals surface area contributed by atoms with Crippen LogP contribution in [0.2, 0.25) is 0 Å². The summed E-state index contributed by atoms with van der Waals surface area (Å²) in [6, 6.07) is 75.1. The zero-order chi connectivity index (χ0) is 46.6. The summed E-state index contributed by atoms with van der Waals surface area (Å²) in [5.74, 6) is 0.628. The molecule has 0 radical (unpaired) electrons. The maximum Gasteiger partial charge on any atom is 0.160 e. The molecule has 0 saturated carbocycles. The average Bonchev–Trinajstić information content (AvgIpc) is 4.12. The first-order valence-electron chi connectivity index (χ1n) is 24.3. The number of furan rings is 3. The largest absolute Gasteiger partial charge is 0.456 e. The van der Waals surface area contributed by atoms with Crippen LogP contribution in [-0.2, 0) is 0 Å². The van der Waals surface area contributed by atoms with Crippen molar-refractivity contribution < 1.29 is 13.3 Å². The Labute approximate surface area is 406 Å². The van der Waals surface area contributed by atoms with Crippen LogP contribution in [-0.4, -0.2) is 11.5 Å². The highest BCUT2D eigenvalue weighted by atomic mass is 16.3. The molecule has 14 aromatic rings. The molecule has 4 heterocycles. The molecule has 3 aromatic heterocycles. The highest BCUT2D eigenvalue weighted by molar-refractivity contribution is 6.26. The minimum atomic E-state index is 0.628. The third-order valence-electron chi connectivity index (χ3n) is 14.6. The van der Waals surface area contributed by atoms with Gasteiger partial charge in [0.1, 0.15) is 33.5 Å². The summed E-state index contributed by atoms with van der Waals surface area (Å²) in [6.07, 6.45) is 3.77. The van der Waals surface area contributed by atoms with Gasteiger partial charge in [-0.15, -0.1) is 0 Å². The summed E-state index contributed by atoms with van der Waals surface area (Å²) >= 11 is 0. The van der Waals surface area contributed by atoms with E-state index in [0.717, 1.165) is 129 Å². The summed E-state index contributed by atoms with van der Waals surface area (Å²) in [5, 5.41) is 13.9. The van der Waals surface area contributed by atoms with E-state index in [2.05, 4.69) is 188 Å². The lowest BCUT2D eigenvalue weighted by atomic mass is 9.91. The molecule has 71 heavy (non-hydrogen) atoms. The van der Waals surface area contributed by atoms with Gasteiger partial charge in [-0.3, -0.25) is 0 Å². The Morgan fingerprint density at radius 1 is 0.296 bits per heavy atom. The number of hydrogen-bond acceptors (Lipinski definition) is 5. The molecule has 5 heteroatoms. The highest BCUT2D eigenvalue weighted by Crippen LogP contribution is 2.43. The van der Waals surface area contributed by atoms with Crippen molar-refractivity contribution >= 4 is 115 Å². The standard InChI is InChI=1S/C66H40N2O3/c1-2-13-39(14-3-1)56-22-12-23-57(43-28-32-51-50-19-8-9-24-58(50)71-63(51)38-43)68-66(67-56)52-21-11-26-62-65(52)55-37-42(30-34-60(55)70-62)44-20-10-25-61-64(44)54-36-41(29-33-59(54)69-61)40-27-31-49-47-17-5-4-15-45(47)46-16-6-7-18-48(46)53(49)35-40/h1-11,13-21,23-38H,12,22H2. The van der Waals surface area contributed by atoms with Crippen LogP contribution in [0.5, 0.6) is 0 Å². The number of fused-ring (bicyclic) bond motifs is 15. The number of amidine groups is 1. The van der Waals surface area contributed by atoms with Crippen LogP contribution >= 0.6 is 0 Å². The van der Waals surface area contributed by atoms with Gasteiger partial charge in [-0.25, -0.2) is 9.98 Å². The Bertz CT molecular complexity index is 4600. The number of aliphatic imine (C=N–C) groups is 2. The fourth-order valence-corrected chi connectivity index (χ4v) is 11.3. The molecule has 1 aliphatic rings. The van der Waals surface area contributed by atoms with Crippen molar-refractivity contribution in [1.82, 2.24) is 0 Å². The van der Waals surface area contributed by atoms with Crippen molar-refractivity contribution in [1.29, 1.82) is 0 Å². The van der Waals surface area contributed by atoms with E-state index in [4.69, 9.17) is 23.2 Å². The molecule has 0 unspecified atom stereocenters. The van der Waals surface area contributed by atoms with E-state index in [1.165, 1.54) is 32.3 Å². The molecule has 0 atom stereocenters. The number of allylic oxidation sites excluding steroid dienone is 1. The molecule has 15 rings (SSSR count). The van der Waals surface area contributed by atoms with Crippen LogP contribution in [0.25, 0.3) is 126 Å². The molecule has 5 nitrogen and oxygen atoms in total. The molecule has 11 aromatic carbocycles. The molecular weight excluding hydrogens is 869 g/mol. The van der Waals surface area contributed by atoms with E-state index in [0.29, 0.717) is 5.84 Å². The fraction of sp³-hybridized carbons (Fsp3) is 0.0303. The average molecular weight is 909 g/mol. The topological polar surface area (TPSA) is 64.1 Å². The lowest BCUT2D eigenvalue weighted by Crippen LogP contribution is -2.09. The Balaban J connectivity index is 0.886. The Kier molecular flexibility index (Phi) is 8.72. The van der Waals surface area contributed by atoms with Crippen molar-refractivity contribution in [3.05, 3.63) is 235 Å². The minimum absolute atomic E-state index is 0.628. The smallest absolute Gasteiger partial charge is 0.160 e. The molecule has 0 saturated heterocycles. The fourth-order valence-electron chi connectivity index (χ4n) is 11.3. The number of para-hydroxylation sites is 1. The molecule has 0 aliphatic carbocycles. The van der Waals surface area contributed by atoms with Gasteiger partial charge in [0.25, 0.3) is 0 Å². The van der Waals surface area contributed by atoms with Crippen LogP contribution in [0.15, 0.2) is 242 Å². The van der Waals surface area contributed by atoms with Gasteiger partial charge in [0.2, 0.25) is 0 Å². The van der Waals surface area contributed by atoms with E-state index in [9.17, 15) is 0 Å². The van der Waals surface area contributed by atoms with Gasteiger partial charge in [0, 0.05) is 43.4 Å². The second-order valence-corrected chi connectivity index (χ2v) is 18.6. The Morgan fingerprint density at radius 3 is 1.52 bits per heavy atom. The van der Waals surface area contributed by atoms with Gasteiger partial charge < -0.3 is 13.3 Å². The quantitative estimate of drug-likeness (QED) is 0.162. The van der Waals surface area contributed by atoms with Gasteiger partial charge in [0.15, 0.2) is 5.84 Å². The van der Waals surface area contributed by atoms with E-state index >= 15 is 0 Å². The van der Waals surface area contributed by atoms with Crippen LogP contribution in [0.3, 0.4) is 0 Å². The predicted octanol–water partition coefficient (Wildman–Crippen LogP) is 18.2. The monoisotopic (exact) mass is 908 g/mol. The van der Waals surface area contributed by atoms with Gasteiger partial charge in [-0.2, -0.15) is 0 Å². The number of benzene rings is 11. The maximum absolute atomic E-state index is 6.67. The van der Waals surface area contributed by atoms with E-state index in [1.807, 2.05) is 30.3 Å². The Morgan fingerprint density at radius 2 is 0.789 bits per heavy atom. The number of hydrogen-bond donors (Lipinski definition) is 0. The van der Waals surface area contributed by atoms with E-state index in [1.54, 1.807) is 0 Å². The van der Waals surface area contributed by atoms with Gasteiger partial charge in [0.05, 0.1) is 11.4 Å². The lowest BCUT2D eigenvalue weighted by Gasteiger charge is -2.14. The van der Waals surface area contributed by atoms with Crippen molar-refractivity contribution in [3.63, 3.8) is 0 Å². The van der Waals surface area contributed by atoms with Crippen LogP contribution in [0.1, 0.15) is 29.5 Å². The number of nitrogens with zero attached hydrogens (tertiary/aromatic N) is 2.